The van der Waals surface area contributed by atoms with Crippen LogP contribution in [-0.4, -0.2) is 86.7 Å². The number of hydrogen-bond acceptors (Lipinski definition) is 5. The standard InChI is InChI=1S/C16H33N5/c1-5-18-16(2,15-17)7-6-8-20-11-13-21(14-12-20)10-9-19(3)4/h18H,5-14H2,1-4H3. The maximum atomic E-state index is 9.26. The van der Waals surface area contributed by atoms with Crippen LogP contribution in [0.15, 0.2) is 0 Å². The predicted octanol–water partition coefficient (Wildman–Crippen LogP) is 0.838. The predicted molar refractivity (Wildman–Crippen MR) is 88.4 cm³/mol. The Morgan fingerprint density at radius 3 is 2.19 bits per heavy atom. The lowest BCUT2D eigenvalue weighted by molar-refractivity contribution is 0.122. The highest BCUT2D eigenvalue weighted by Crippen LogP contribution is 2.12. The van der Waals surface area contributed by atoms with Crippen LogP contribution in [0.3, 0.4) is 0 Å². The molecule has 0 aromatic carbocycles. The van der Waals surface area contributed by atoms with E-state index < -0.39 is 0 Å². The minimum absolute atomic E-state index is 0.359. The van der Waals surface area contributed by atoms with Gasteiger partial charge in [-0.15, -0.1) is 0 Å². The second-order valence-corrected chi connectivity index (χ2v) is 6.56. The minimum atomic E-state index is -0.359. The Morgan fingerprint density at radius 2 is 1.71 bits per heavy atom. The van der Waals surface area contributed by atoms with E-state index in [2.05, 4.69) is 47.1 Å². The SMILES string of the molecule is CCNC(C)(C#N)CCCN1CCN(CCN(C)C)CC1. The molecule has 122 valence electrons. The monoisotopic (exact) mass is 295 g/mol. The highest BCUT2D eigenvalue weighted by molar-refractivity contribution is 5.03. The highest BCUT2D eigenvalue weighted by Gasteiger charge is 2.22. The first-order valence-electron chi connectivity index (χ1n) is 8.25. The largest absolute Gasteiger partial charge is 0.308 e. The van der Waals surface area contributed by atoms with Crippen molar-refractivity contribution in [1.82, 2.24) is 20.0 Å². The summed E-state index contributed by atoms with van der Waals surface area (Å²) in [7, 11) is 4.26. The van der Waals surface area contributed by atoms with Crippen LogP contribution in [0.4, 0.5) is 0 Å². The van der Waals surface area contributed by atoms with E-state index in [1.807, 2.05) is 6.92 Å². The van der Waals surface area contributed by atoms with Crippen LogP contribution < -0.4 is 5.32 Å². The van der Waals surface area contributed by atoms with Gasteiger partial charge in [0.1, 0.15) is 5.54 Å². The van der Waals surface area contributed by atoms with Gasteiger partial charge in [0.2, 0.25) is 0 Å². The van der Waals surface area contributed by atoms with Crippen LogP contribution in [0.2, 0.25) is 0 Å². The lowest BCUT2D eigenvalue weighted by atomic mass is 9.97. The van der Waals surface area contributed by atoms with Crippen molar-refractivity contribution >= 4 is 0 Å². The van der Waals surface area contributed by atoms with Crippen LogP contribution >= 0.6 is 0 Å². The molecule has 1 aliphatic heterocycles. The van der Waals surface area contributed by atoms with Crippen LogP contribution in [0.25, 0.3) is 0 Å². The normalized spacial score (nSPS) is 20.4. The molecule has 0 aliphatic carbocycles. The molecule has 1 rings (SSSR count). The van der Waals surface area contributed by atoms with Gasteiger partial charge in [-0.1, -0.05) is 6.92 Å². The molecule has 1 saturated heterocycles. The van der Waals surface area contributed by atoms with Crippen molar-refractivity contribution in [3.63, 3.8) is 0 Å². The Kier molecular flexibility index (Phi) is 8.20. The van der Waals surface area contributed by atoms with E-state index in [-0.39, 0.29) is 5.54 Å². The quantitative estimate of drug-likeness (QED) is 0.683. The molecule has 1 unspecified atom stereocenters. The summed E-state index contributed by atoms with van der Waals surface area (Å²) in [4.78, 5) is 7.33. The summed E-state index contributed by atoms with van der Waals surface area (Å²) in [5, 5.41) is 12.5. The van der Waals surface area contributed by atoms with Crippen LogP contribution in [-0.2, 0) is 0 Å². The van der Waals surface area contributed by atoms with Gasteiger partial charge in [-0.25, -0.2) is 0 Å². The zero-order chi connectivity index (χ0) is 15.7. The van der Waals surface area contributed by atoms with Crippen LogP contribution in [0.1, 0.15) is 26.7 Å². The van der Waals surface area contributed by atoms with Crippen molar-refractivity contribution in [1.29, 1.82) is 5.26 Å². The third-order valence-electron chi connectivity index (χ3n) is 4.29. The highest BCUT2D eigenvalue weighted by atomic mass is 15.3. The number of piperazine rings is 1. The fraction of sp³-hybridized carbons (Fsp3) is 0.938. The Balaban J connectivity index is 2.17. The Hall–Kier alpha value is -0.670. The summed E-state index contributed by atoms with van der Waals surface area (Å²) >= 11 is 0. The fourth-order valence-electron chi connectivity index (χ4n) is 2.81. The molecule has 21 heavy (non-hydrogen) atoms. The van der Waals surface area contributed by atoms with Gasteiger partial charge in [-0.05, 0) is 47.0 Å². The summed E-state index contributed by atoms with van der Waals surface area (Å²) in [5.41, 5.74) is -0.359. The van der Waals surface area contributed by atoms with Crippen LogP contribution in [0, 0.1) is 11.3 Å². The number of rotatable bonds is 9. The van der Waals surface area contributed by atoms with E-state index in [1.165, 1.54) is 19.6 Å². The van der Waals surface area contributed by atoms with E-state index in [9.17, 15) is 5.26 Å². The van der Waals surface area contributed by atoms with Gasteiger partial charge < -0.3 is 9.80 Å². The van der Waals surface area contributed by atoms with E-state index >= 15 is 0 Å². The van der Waals surface area contributed by atoms with Gasteiger partial charge in [-0.2, -0.15) is 5.26 Å². The topological polar surface area (TPSA) is 45.5 Å². The van der Waals surface area contributed by atoms with Crippen molar-refractivity contribution in [3.05, 3.63) is 0 Å². The molecule has 0 radical (unpaired) electrons. The fourth-order valence-corrected chi connectivity index (χ4v) is 2.81. The molecular weight excluding hydrogens is 262 g/mol. The molecule has 0 aromatic rings. The summed E-state index contributed by atoms with van der Waals surface area (Å²) in [6, 6.07) is 2.41. The molecule has 1 N–H and O–H groups in total. The average Bonchev–Trinajstić information content (AvgIpc) is 2.46. The van der Waals surface area contributed by atoms with Gasteiger partial charge in [0.05, 0.1) is 6.07 Å². The molecular formula is C16H33N5. The maximum absolute atomic E-state index is 9.26. The first-order valence-corrected chi connectivity index (χ1v) is 8.25. The molecule has 5 nitrogen and oxygen atoms in total. The molecule has 1 fully saturated rings. The third kappa shape index (κ3) is 7.23. The van der Waals surface area contributed by atoms with E-state index in [0.29, 0.717) is 0 Å². The van der Waals surface area contributed by atoms with Crippen molar-refractivity contribution in [2.24, 2.45) is 0 Å². The average molecular weight is 295 g/mol. The molecule has 0 aromatic heterocycles. The van der Waals surface area contributed by atoms with Crippen LogP contribution in [0.5, 0.6) is 0 Å². The summed E-state index contributed by atoms with van der Waals surface area (Å²) in [5.74, 6) is 0. The number of nitrogens with zero attached hydrogens (tertiary/aromatic N) is 4. The van der Waals surface area contributed by atoms with E-state index in [0.717, 1.165) is 45.6 Å². The molecule has 0 bridgehead atoms. The number of nitrogens with one attached hydrogen (secondary N) is 1. The van der Waals surface area contributed by atoms with E-state index in [4.69, 9.17) is 0 Å². The Bertz CT molecular complexity index is 317. The minimum Gasteiger partial charge on any atom is -0.308 e. The zero-order valence-corrected chi connectivity index (χ0v) is 14.4. The Morgan fingerprint density at radius 1 is 1.14 bits per heavy atom. The first-order chi connectivity index (χ1) is 9.99. The summed E-state index contributed by atoms with van der Waals surface area (Å²) < 4.78 is 0. The second-order valence-electron chi connectivity index (χ2n) is 6.56. The van der Waals surface area contributed by atoms with Gasteiger partial charge >= 0.3 is 0 Å². The van der Waals surface area contributed by atoms with Gasteiger partial charge in [0, 0.05) is 39.3 Å². The van der Waals surface area contributed by atoms with Gasteiger partial charge in [0.25, 0.3) is 0 Å². The number of hydrogen-bond donors (Lipinski definition) is 1. The smallest absolute Gasteiger partial charge is 0.103 e. The van der Waals surface area contributed by atoms with Gasteiger partial charge in [0.15, 0.2) is 0 Å². The van der Waals surface area contributed by atoms with Crippen molar-refractivity contribution < 1.29 is 0 Å². The lowest BCUT2D eigenvalue weighted by Crippen LogP contribution is -2.48. The maximum Gasteiger partial charge on any atom is 0.103 e. The molecule has 1 heterocycles. The first kappa shape index (κ1) is 18.4. The molecule has 1 aliphatic rings. The van der Waals surface area contributed by atoms with Crippen molar-refractivity contribution in [2.45, 2.75) is 32.2 Å². The number of nitriles is 1. The summed E-state index contributed by atoms with van der Waals surface area (Å²) in [6.45, 7) is 13.0. The third-order valence-corrected chi connectivity index (χ3v) is 4.29. The van der Waals surface area contributed by atoms with Crippen molar-refractivity contribution in [3.8, 4) is 6.07 Å². The van der Waals surface area contributed by atoms with Crippen molar-refractivity contribution in [2.75, 3.05) is 66.5 Å². The zero-order valence-electron chi connectivity index (χ0n) is 14.4. The molecule has 0 saturated carbocycles. The van der Waals surface area contributed by atoms with Gasteiger partial charge in [-0.3, -0.25) is 10.2 Å². The Labute approximate surface area is 130 Å². The lowest BCUT2D eigenvalue weighted by Gasteiger charge is -2.35. The molecule has 5 heteroatoms. The second kappa shape index (κ2) is 9.37. The number of likely N-dealkylation sites (N-methyl/N-ethyl adjacent to an activating group) is 1. The summed E-state index contributed by atoms with van der Waals surface area (Å²) in [6.07, 6.45) is 2.02. The molecule has 0 spiro atoms. The van der Waals surface area contributed by atoms with E-state index in [1.54, 1.807) is 0 Å². The molecule has 1 atom stereocenters. The molecule has 0 amide bonds.